The third-order valence-corrected chi connectivity index (χ3v) is 3.90. The summed E-state index contributed by atoms with van der Waals surface area (Å²) in [4.78, 5) is 13.6. The Kier molecular flexibility index (Phi) is 2.96. The van der Waals surface area contributed by atoms with E-state index in [9.17, 15) is 4.79 Å². The van der Waals surface area contributed by atoms with Gasteiger partial charge in [-0.2, -0.15) is 0 Å². The lowest BCUT2D eigenvalue weighted by Crippen LogP contribution is -2.36. The Bertz CT molecular complexity index is 472. The average Bonchev–Trinajstić information content (AvgIpc) is 2.97. The summed E-state index contributed by atoms with van der Waals surface area (Å²) in [6, 6.07) is 6.40. The molecule has 0 bridgehead atoms. The molecule has 2 heterocycles. The highest BCUT2D eigenvalue weighted by atomic mass is 16.2. The number of anilines is 1. The maximum atomic E-state index is 11.8. The summed E-state index contributed by atoms with van der Waals surface area (Å²) in [5.74, 6) is 0.218. The standard InChI is InChI=1S/C14H19N3O/c1-17-8-6-12(14(17)18)16-9-11-4-2-3-10-5-7-15-13(10)11/h2-4,12,15-16H,5-9H2,1H3. The molecule has 1 atom stereocenters. The number of carbonyl (C=O) groups excluding carboxylic acids is 1. The number of hydrogen-bond acceptors (Lipinski definition) is 3. The van der Waals surface area contributed by atoms with Crippen LogP contribution in [0.5, 0.6) is 0 Å². The number of hydrogen-bond donors (Lipinski definition) is 2. The topological polar surface area (TPSA) is 44.4 Å². The van der Waals surface area contributed by atoms with Crippen molar-refractivity contribution in [3.63, 3.8) is 0 Å². The average molecular weight is 245 g/mol. The van der Waals surface area contributed by atoms with Gasteiger partial charge in [-0.1, -0.05) is 18.2 Å². The van der Waals surface area contributed by atoms with Gasteiger partial charge in [0.2, 0.25) is 5.91 Å². The van der Waals surface area contributed by atoms with Crippen molar-refractivity contribution in [2.24, 2.45) is 0 Å². The van der Waals surface area contributed by atoms with Gasteiger partial charge in [-0.05, 0) is 24.0 Å². The second kappa shape index (κ2) is 4.61. The van der Waals surface area contributed by atoms with E-state index in [2.05, 4.69) is 28.8 Å². The SMILES string of the molecule is CN1CCC(NCc2cccc3c2NCC3)C1=O. The maximum Gasteiger partial charge on any atom is 0.239 e. The number of likely N-dealkylation sites (N-methyl/N-ethyl adjacent to an activating group) is 1. The number of rotatable bonds is 3. The largest absolute Gasteiger partial charge is 0.384 e. The smallest absolute Gasteiger partial charge is 0.239 e. The Balaban J connectivity index is 1.67. The first-order chi connectivity index (χ1) is 8.75. The minimum Gasteiger partial charge on any atom is -0.384 e. The highest BCUT2D eigenvalue weighted by Gasteiger charge is 2.28. The molecular formula is C14H19N3O. The summed E-state index contributed by atoms with van der Waals surface area (Å²) >= 11 is 0. The van der Waals surface area contributed by atoms with Crippen molar-refractivity contribution in [2.45, 2.75) is 25.4 Å². The van der Waals surface area contributed by atoms with Gasteiger partial charge in [0.25, 0.3) is 0 Å². The van der Waals surface area contributed by atoms with Crippen LogP contribution in [-0.2, 0) is 17.8 Å². The van der Waals surface area contributed by atoms with Crippen molar-refractivity contribution in [2.75, 3.05) is 25.5 Å². The number of likely N-dealkylation sites (tertiary alicyclic amines) is 1. The Morgan fingerprint density at radius 1 is 1.50 bits per heavy atom. The highest BCUT2D eigenvalue weighted by Crippen LogP contribution is 2.26. The molecule has 1 fully saturated rings. The molecule has 0 spiro atoms. The third kappa shape index (κ3) is 1.97. The Morgan fingerprint density at radius 3 is 3.17 bits per heavy atom. The second-order valence-electron chi connectivity index (χ2n) is 5.11. The fourth-order valence-corrected chi connectivity index (χ4v) is 2.80. The van der Waals surface area contributed by atoms with Gasteiger partial charge < -0.3 is 15.5 Å². The molecule has 1 aromatic carbocycles. The fraction of sp³-hybridized carbons (Fsp3) is 0.500. The molecule has 0 aromatic heterocycles. The van der Waals surface area contributed by atoms with Gasteiger partial charge in [-0.25, -0.2) is 0 Å². The predicted octanol–water partition coefficient (Wildman–Crippen LogP) is 0.975. The predicted molar refractivity (Wildman–Crippen MR) is 71.5 cm³/mol. The van der Waals surface area contributed by atoms with E-state index < -0.39 is 0 Å². The molecule has 1 unspecified atom stereocenters. The molecule has 1 aromatic rings. The first kappa shape index (κ1) is 11.5. The van der Waals surface area contributed by atoms with Gasteiger partial charge >= 0.3 is 0 Å². The monoisotopic (exact) mass is 245 g/mol. The number of nitrogens with one attached hydrogen (secondary N) is 2. The van der Waals surface area contributed by atoms with Crippen molar-refractivity contribution in [1.29, 1.82) is 0 Å². The van der Waals surface area contributed by atoms with Crippen molar-refractivity contribution in [3.8, 4) is 0 Å². The molecule has 2 aliphatic heterocycles. The molecule has 0 radical (unpaired) electrons. The van der Waals surface area contributed by atoms with Crippen LogP contribution in [0.3, 0.4) is 0 Å². The van der Waals surface area contributed by atoms with Gasteiger partial charge in [0.15, 0.2) is 0 Å². The third-order valence-electron chi connectivity index (χ3n) is 3.90. The van der Waals surface area contributed by atoms with Crippen LogP contribution in [0.15, 0.2) is 18.2 Å². The van der Waals surface area contributed by atoms with Gasteiger partial charge in [0, 0.05) is 32.4 Å². The lowest BCUT2D eigenvalue weighted by Gasteiger charge is -2.14. The van der Waals surface area contributed by atoms with Crippen LogP contribution in [0.4, 0.5) is 5.69 Å². The first-order valence-corrected chi connectivity index (χ1v) is 6.59. The van der Waals surface area contributed by atoms with Gasteiger partial charge in [0.05, 0.1) is 6.04 Å². The van der Waals surface area contributed by atoms with Crippen LogP contribution in [-0.4, -0.2) is 37.0 Å². The molecule has 4 heteroatoms. The minimum atomic E-state index is -0.00717. The van der Waals surface area contributed by atoms with Crippen LogP contribution in [0.2, 0.25) is 0 Å². The number of amides is 1. The zero-order chi connectivity index (χ0) is 12.5. The summed E-state index contributed by atoms with van der Waals surface area (Å²) in [7, 11) is 1.87. The zero-order valence-corrected chi connectivity index (χ0v) is 10.7. The second-order valence-corrected chi connectivity index (χ2v) is 5.11. The van der Waals surface area contributed by atoms with E-state index in [1.165, 1.54) is 16.8 Å². The minimum absolute atomic E-state index is 0.00717. The van der Waals surface area contributed by atoms with Crippen LogP contribution < -0.4 is 10.6 Å². The number of benzene rings is 1. The van der Waals surface area contributed by atoms with E-state index in [-0.39, 0.29) is 11.9 Å². The van der Waals surface area contributed by atoms with Crippen LogP contribution in [0.25, 0.3) is 0 Å². The van der Waals surface area contributed by atoms with E-state index in [1.807, 2.05) is 7.05 Å². The fourth-order valence-electron chi connectivity index (χ4n) is 2.80. The Hall–Kier alpha value is -1.55. The summed E-state index contributed by atoms with van der Waals surface area (Å²) < 4.78 is 0. The number of nitrogens with zero attached hydrogens (tertiary/aromatic N) is 1. The lowest BCUT2D eigenvalue weighted by molar-refractivity contribution is -0.128. The summed E-state index contributed by atoms with van der Waals surface area (Å²) in [5.41, 5.74) is 3.93. The molecule has 1 saturated heterocycles. The van der Waals surface area contributed by atoms with Crippen LogP contribution >= 0.6 is 0 Å². The van der Waals surface area contributed by atoms with E-state index in [1.54, 1.807) is 4.90 Å². The molecule has 2 aliphatic rings. The summed E-state index contributed by atoms with van der Waals surface area (Å²) in [6.07, 6.45) is 2.02. The number of carbonyl (C=O) groups is 1. The Labute approximate surface area is 107 Å². The van der Waals surface area contributed by atoms with Crippen molar-refractivity contribution in [1.82, 2.24) is 10.2 Å². The number of para-hydroxylation sites is 1. The van der Waals surface area contributed by atoms with Crippen LogP contribution in [0.1, 0.15) is 17.5 Å². The van der Waals surface area contributed by atoms with Crippen molar-refractivity contribution < 1.29 is 4.79 Å². The summed E-state index contributed by atoms with van der Waals surface area (Å²) in [6.45, 7) is 2.65. The van der Waals surface area contributed by atoms with E-state index in [0.717, 1.165) is 32.5 Å². The van der Waals surface area contributed by atoms with Gasteiger partial charge in [0.1, 0.15) is 0 Å². The highest BCUT2D eigenvalue weighted by molar-refractivity contribution is 5.83. The quantitative estimate of drug-likeness (QED) is 0.834. The molecular weight excluding hydrogens is 226 g/mol. The lowest BCUT2D eigenvalue weighted by atomic mass is 10.1. The Morgan fingerprint density at radius 2 is 2.39 bits per heavy atom. The molecule has 3 rings (SSSR count). The zero-order valence-electron chi connectivity index (χ0n) is 10.7. The molecule has 0 aliphatic carbocycles. The molecule has 2 N–H and O–H groups in total. The molecule has 4 nitrogen and oxygen atoms in total. The number of fused-ring (bicyclic) bond motifs is 1. The first-order valence-electron chi connectivity index (χ1n) is 6.59. The molecule has 1 amide bonds. The summed E-state index contributed by atoms with van der Waals surface area (Å²) in [5, 5.41) is 6.81. The molecule has 96 valence electrons. The van der Waals surface area contributed by atoms with Crippen molar-refractivity contribution in [3.05, 3.63) is 29.3 Å². The van der Waals surface area contributed by atoms with E-state index in [4.69, 9.17) is 0 Å². The van der Waals surface area contributed by atoms with E-state index in [0.29, 0.717) is 0 Å². The van der Waals surface area contributed by atoms with E-state index >= 15 is 0 Å². The molecule has 0 saturated carbocycles. The normalized spacial score (nSPS) is 22.2. The van der Waals surface area contributed by atoms with Crippen LogP contribution in [0, 0.1) is 0 Å². The van der Waals surface area contributed by atoms with Gasteiger partial charge in [-0.3, -0.25) is 4.79 Å². The van der Waals surface area contributed by atoms with Crippen molar-refractivity contribution >= 4 is 11.6 Å². The van der Waals surface area contributed by atoms with Gasteiger partial charge in [-0.15, -0.1) is 0 Å². The molecule has 18 heavy (non-hydrogen) atoms. The maximum absolute atomic E-state index is 11.8.